The maximum atomic E-state index is 10.6. The van der Waals surface area contributed by atoms with Crippen LogP contribution in [0.4, 0.5) is 5.69 Å². The zero-order valence-corrected chi connectivity index (χ0v) is 8.11. The highest BCUT2D eigenvalue weighted by atomic mass is 32.2. The summed E-state index contributed by atoms with van der Waals surface area (Å²) in [5.41, 5.74) is 0.836. The lowest BCUT2D eigenvalue weighted by molar-refractivity contribution is 0.564. The highest BCUT2D eigenvalue weighted by molar-refractivity contribution is 7.99. The minimum Gasteiger partial charge on any atom is -0.330 e. The minimum atomic E-state index is -1.89. The number of hydrogen-bond donors (Lipinski definition) is 2. The molecule has 66 valence electrons. The van der Waals surface area contributed by atoms with Crippen LogP contribution in [0.5, 0.6) is 0 Å². The Bertz CT molecular complexity index is 290. The smallest absolute Gasteiger partial charge is 0.186 e. The summed E-state index contributed by atoms with van der Waals surface area (Å²) in [7, 11) is 0. The van der Waals surface area contributed by atoms with Crippen LogP contribution in [0.2, 0.25) is 0 Å². The molecule has 0 saturated carbocycles. The van der Waals surface area contributed by atoms with E-state index in [0.29, 0.717) is 4.90 Å². The van der Waals surface area contributed by atoms with E-state index in [1.165, 1.54) is 11.9 Å². The molecule has 0 aliphatic carbocycles. The van der Waals surface area contributed by atoms with Gasteiger partial charge in [-0.1, -0.05) is 18.0 Å². The second kappa shape index (κ2) is 4.49. The first-order valence-electron chi connectivity index (χ1n) is 3.24. The van der Waals surface area contributed by atoms with Crippen molar-refractivity contribution in [2.45, 2.75) is 4.90 Å². The number of nitrogens with one attached hydrogen (secondary N) is 1. The van der Waals surface area contributed by atoms with Crippen LogP contribution in [0.15, 0.2) is 29.2 Å². The summed E-state index contributed by atoms with van der Waals surface area (Å²) >= 11 is -0.448. The lowest BCUT2D eigenvalue weighted by atomic mass is 10.3. The molecule has 0 bridgehead atoms. The average Bonchev–Trinajstić information content (AvgIpc) is 2.05. The van der Waals surface area contributed by atoms with Crippen LogP contribution in [0, 0.1) is 0 Å². The van der Waals surface area contributed by atoms with Crippen molar-refractivity contribution in [3.05, 3.63) is 24.3 Å². The van der Waals surface area contributed by atoms with Gasteiger partial charge in [0.25, 0.3) is 0 Å². The highest BCUT2D eigenvalue weighted by Crippen LogP contribution is 2.15. The van der Waals surface area contributed by atoms with Crippen molar-refractivity contribution in [1.29, 1.82) is 0 Å². The van der Waals surface area contributed by atoms with E-state index in [2.05, 4.69) is 4.72 Å². The third-order valence-corrected chi connectivity index (χ3v) is 2.35. The van der Waals surface area contributed by atoms with Gasteiger partial charge in [-0.2, -0.15) is 0 Å². The molecule has 0 fully saturated rings. The predicted molar refractivity (Wildman–Crippen MR) is 52.6 cm³/mol. The lowest BCUT2D eigenvalue weighted by Crippen LogP contribution is -1.90. The Morgan fingerprint density at radius 2 is 2.33 bits per heavy atom. The maximum Gasteiger partial charge on any atom is 0.186 e. The molecule has 0 aromatic heterocycles. The quantitative estimate of drug-likeness (QED) is 0.582. The van der Waals surface area contributed by atoms with Crippen molar-refractivity contribution in [2.24, 2.45) is 0 Å². The molecule has 3 nitrogen and oxygen atoms in total. The van der Waals surface area contributed by atoms with Crippen LogP contribution < -0.4 is 4.72 Å². The second-order valence-electron chi connectivity index (χ2n) is 2.08. The number of anilines is 1. The van der Waals surface area contributed by atoms with Crippen molar-refractivity contribution in [2.75, 3.05) is 11.0 Å². The molecule has 5 heteroatoms. The largest absolute Gasteiger partial charge is 0.330 e. The van der Waals surface area contributed by atoms with Gasteiger partial charge in [-0.3, -0.25) is 0 Å². The van der Waals surface area contributed by atoms with E-state index in [1.54, 1.807) is 18.2 Å². The third kappa shape index (κ3) is 2.51. The van der Waals surface area contributed by atoms with Crippen LogP contribution in [-0.4, -0.2) is 15.0 Å². The fourth-order valence-corrected chi connectivity index (χ4v) is 1.57. The van der Waals surface area contributed by atoms with E-state index in [9.17, 15) is 4.21 Å². The van der Waals surface area contributed by atoms with Gasteiger partial charge in [0, 0.05) is 11.9 Å². The Labute approximate surface area is 78.0 Å². The summed E-state index contributed by atoms with van der Waals surface area (Å²) in [6, 6.07) is 6.84. The molecule has 0 heterocycles. The SMILES string of the molecule is CSNc1cccc(S(=O)O)c1. The maximum absolute atomic E-state index is 10.6. The topological polar surface area (TPSA) is 49.3 Å². The fourth-order valence-electron chi connectivity index (χ4n) is 0.786. The zero-order valence-electron chi connectivity index (χ0n) is 6.48. The van der Waals surface area contributed by atoms with Gasteiger partial charge in [-0.05, 0) is 18.2 Å². The molecule has 1 aromatic carbocycles. The summed E-state index contributed by atoms with van der Waals surface area (Å²) < 4.78 is 22.4. The van der Waals surface area contributed by atoms with Crippen LogP contribution in [0.1, 0.15) is 0 Å². The molecule has 1 unspecified atom stereocenters. The Balaban J connectivity index is 2.88. The van der Waals surface area contributed by atoms with E-state index in [0.717, 1.165) is 5.69 Å². The van der Waals surface area contributed by atoms with E-state index >= 15 is 0 Å². The fraction of sp³-hybridized carbons (Fsp3) is 0.143. The van der Waals surface area contributed by atoms with Crippen LogP contribution in [-0.2, 0) is 11.1 Å². The Kier molecular flexibility index (Phi) is 3.58. The standard InChI is InChI=1S/C7H9NO2S2/c1-11-8-6-3-2-4-7(5-6)12(9)10/h2-5,8H,1H3,(H,9,10). The molecule has 1 aromatic rings. The van der Waals surface area contributed by atoms with Gasteiger partial charge in [0.2, 0.25) is 0 Å². The normalized spacial score (nSPS) is 12.5. The van der Waals surface area contributed by atoms with E-state index < -0.39 is 11.1 Å². The molecule has 0 saturated heterocycles. The van der Waals surface area contributed by atoms with Gasteiger partial charge in [0.1, 0.15) is 0 Å². The number of benzene rings is 1. The Morgan fingerprint density at radius 1 is 1.58 bits per heavy atom. The number of hydrogen-bond acceptors (Lipinski definition) is 3. The van der Waals surface area contributed by atoms with Gasteiger partial charge in [-0.25, -0.2) is 4.21 Å². The third-order valence-electron chi connectivity index (χ3n) is 1.26. The van der Waals surface area contributed by atoms with Gasteiger partial charge in [-0.15, -0.1) is 0 Å². The average molecular weight is 203 g/mol. The number of rotatable bonds is 3. The van der Waals surface area contributed by atoms with Crippen molar-refractivity contribution < 1.29 is 8.76 Å². The zero-order chi connectivity index (χ0) is 8.97. The molecule has 1 rings (SSSR count). The van der Waals surface area contributed by atoms with Crippen molar-refractivity contribution in [3.8, 4) is 0 Å². The van der Waals surface area contributed by atoms with Crippen LogP contribution in [0.25, 0.3) is 0 Å². The summed E-state index contributed by atoms with van der Waals surface area (Å²) in [6.45, 7) is 0. The van der Waals surface area contributed by atoms with Gasteiger partial charge >= 0.3 is 0 Å². The van der Waals surface area contributed by atoms with Crippen molar-refractivity contribution in [1.82, 2.24) is 0 Å². The summed E-state index contributed by atoms with van der Waals surface area (Å²) in [5.74, 6) is 0. The van der Waals surface area contributed by atoms with Crippen molar-refractivity contribution >= 4 is 28.7 Å². The molecule has 2 N–H and O–H groups in total. The molecule has 0 spiro atoms. The van der Waals surface area contributed by atoms with Gasteiger partial charge < -0.3 is 9.27 Å². The Hall–Kier alpha value is -0.520. The molecule has 1 atom stereocenters. The molecule has 12 heavy (non-hydrogen) atoms. The molecular weight excluding hydrogens is 194 g/mol. The van der Waals surface area contributed by atoms with E-state index in [-0.39, 0.29) is 0 Å². The summed E-state index contributed by atoms with van der Waals surface area (Å²) in [5, 5.41) is 0. The van der Waals surface area contributed by atoms with Crippen LogP contribution in [0.3, 0.4) is 0 Å². The lowest BCUT2D eigenvalue weighted by Gasteiger charge is -2.02. The monoisotopic (exact) mass is 203 g/mol. The van der Waals surface area contributed by atoms with E-state index in [4.69, 9.17) is 4.55 Å². The first-order chi connectivity index (χ1) is 5.74. The van der Waals surface area contributed by atoms with Gasteiger partial charge in [0.15, 0.2) is 11.1 Å². The second-order valence-corrected chi connectivity index (χ2v) is 3.67. The highest BCUT2D eigenvalue weighted by Gasteiger charge is 1.99. The van der Waals surface area contributed by atoms with Gasteiger partial charge in [0.05, 0.1) is 4.90 Å². The first-order valence-corrected chi connectivity index (χ1v) is 5.57. The summed E-state index contributed by atoms with van der Waals surface area (Å²) in [6.07, 6.45) is 1.89. The molecule has 0 radical (unpaired) electrons. The molecular formula is C7H9NO2S2. The predicted octanol–water partition coefficient (Wildman–Crippen LogP) is 1.96. The van der Waals surface area contributed by atoms with Crippen molar-refractivity contribution in [3.63, 3.8) is 0 Å². The summed E-state index contributed by atoms with van der Waals surface area (Å²) in [4.78, 5) is 0.411. The first kappa shape index (κ1) is 9.57. The Morgan fingerprint density at radius 3 is 2.92 bits per heavy atom. The minimum absolute atomic E-state index is 0.411. The molecule has 0 aliphatic rings. The molecule has 0 aliphatic heterocycles. The molecule has 0 amide bonds. The van der Waals surface area contributed by atoms with E-state index in [1.807, 2.05) is 12.3 Å². The van der Waals surface area contributed by atoms with Crippen LogP contribution >= 0.6 is 11.9 Å².